The van der Waals surface area contributed by atoms with Gasteiger partial charge in [-0.05, 0) is 17.5 Å². The number of methoxy groups -OCH3 is 2. The summed E-state index contributed by atoms with van der Waals surface area (Å²) in [7, 11) is 2.64. The normalized spacial score (nSPS) is 15.0. The van der Waals surface area contributed by atoms with Crippen LogP contribution in [0.1, 0.15) is 24.0 Å². The zero-order valence-electron chi connectivity index (χ0n) is 14.3. The molecule has 0 N–H and O–H groups in total. The molecule has 0 fully saturated rings. The van der Waals surface area contributed by atoms with Crippen LogP contribution < -0.4 is 0 Å². The van der Waals surface area contributed by atoms with E-state index in [1.54, 1.807) is 24.3 Å². The fraction of sp³-hybridized carbons (Fsp3) is 0.333. The minimum atomic E-state index is -4.51. The lowest BCUT2D eigenvalue weighted by Crippen LogP contribution is -2.17. The van der Waals surface area contributed by atoms with Crippen LogP contribution >= 0.6 is 0 Å². The van der Waals surface area contributed by atoms with Crippen LogP contribution in [0.4, 0.5) is 13.2 Å². The molecule has 1 aliphatic rings. The van der Waals surface area contributed by atoms with E-state index < -0.39 is 17.8 Å². The number of carbonyl (C=O) groups is 1. The maximum atomic E-state index is 12.8. The van der Waals surface area contributed by atoms with Gasteiger partial charge in [0.05, 0.1) is 20.5 Å². The van der Waals surface area contributed by atoms with Gasteiger partial charge in [0.2, 0.25) is 0 Å². The molecule has 0 atom stereocenters. The van der Waals surface area contributed by atoms with Crippen LogP contribution in [0.2, 0.25) is 0 Å². The van der Waals surface area contributed by atoms with Crippen molar-refractivity contribution in [1.82, 2.24) is 0 Å². The summed E-state index contributed by atoms with van der Waals surface area (Å²) in [5, 5.41) is 0. The Bertz CT molecular complexity index is 751. The minimum Gasteiger partial charge on any atom is -0.503 e. The number of allylic oxidation sites excluding steroid dienone is 2. The minimum absolute atomic E-state index is 0.00460. The van der Waals surface area contributed by atoms with Gasteiger partial charge in [0, 0.05) is 6.42 Å². The molecular formula is C18H18F3NO4. The SMILES string of the molecule is CO/C=C(/C(=O)OC)c1ccccc1COC1=NC(C(F)(F)F)=CCC1. The predicted octanol–water partition coefficient (Wildman–Crippen LogP) is 4.00. The van der Waals surface area contributed by atoms with Gasteiger partial charge in [-0.1, -0.05) is 30.3 Å². The van der Waals surface area contributed by atoms with E-state index in [4.69, 9.17) is 14.2 Å². The molecule has 1 aromatic rings. The second-order valence-corrected chi connectivity index (χ2v) is 5.34. The van der Waals surface area contributed by atoms with E-state index in [0.29, 0.717) is 11.1 Å². The second kappa shape index (κ2) is 8.55. The summed E-state index contributed by atoms with van der Waals surface area (Å²) in [4.78, 5) is 15.5. The summed E-state index contributed by atoms with van der Waals surface area (Å²) in [6.45, 7) is -0.0435. The Morgan fingerprint density at radius 1 is 1.27 bits per heavy atom. The predicted molar refractivity (Wildman–Crippen MR) is 89.0 cm³/mol. The molecule has 0 saturated carbocycles. The van der Waals surface area contributed by atoms with Crippen LogP contribution in [-0.2, 0) is 25.6 Å². The molecule has 1 aliphatic heterocycles. The molecule has 2 rings (SSSR count). The highest BCUT2D eigenvalue weighted by Crippen LogP contribution is 2.30. The molecule has 0 spiro atoms. The molecule has 26 heavy (non-hydrogen) atoms. The molecule has 0 aromatic heterocycles. The lowest BCUT2D eigenvalue weighted by Gasteiger charge is -2.17. The van der Waals surface area contributed by atoms with Gasteiger partial charge in [0.25, 0.3) is 0 Å². The molecule has 8 heteroatoms. The number of rotatable bonds is 5. The van der Waals surface area contributed by atoms with Crippen molar-refractivity contribution < 1.29 is 32.2 Å². The second-order valence-electron chi connectivity index (χ2n) is 5.34. The molecular weight excluding hydrogens is 351 g/mol. The fourth-order valence-corrected chi connectivity index (χ4v) is 2.37. The number of alkyl halides is 3. The van der Waals surface area contributed by atoms with Crippen LogP contribution in [0.25, 0.3) is 5.57 Å². The number of nitrogens with zero attached hydrogens (tertiary/aromatic N) is 1. The van der Waals surface area contributed by atoms with Crippen molar-refractivity contribution in [1.29, 1.82) is 0 Å². The van der Waals surface area contributed by atoms with E-state index in [1.165, 1.54) is 20.5 Å². The Hall–Kier alpha value is -2.77. The van der Waals surface area contributed by atoms with Crippen molar-refractivity contribution in [2.24, 2.45) is 4.99 Å². The van der Waals surface area contributed by atoms with Crippen molar-refractivity contribution in [2.75, 3.05) is 14.2 Å². The van der Waals surface area contributed by atoms with Gasteiger partial charge in [0.15, 0.2) is 5.90 Å². The molecule has 0 bridgehead atoms. The Balaban J connectivity index is 2.21. The third-order valence-corrected chi connectivity index (χ3v) is 3.57. The highest BCUT2D eigenvalue weighted by molar-refractivity contribution is 6.16. The number of carbonyl (C=O) groups excluding carboxylic acids is 1. The van der Waals surface area contributed by atoms with Gasteiger partial charge in [0.1, 0.15) is 17.9 Å². The van der Waals surface area contributed by atoms with E-state index >= 15 is 0 Å². The quantitative estimate of drug-likeness (QED) is 0.447. The maximum absolute atomic E-state index is 12.8. The van der Waals surface area contributed by atoms with E-state index in [-0.39, 0.29) is 30.9 Å². The van der Waals surface area contributed by atoms with E-state index in [1.807, 2.05) is 0 Å². The van der Waals surface area contributed by atoms with E-state index in [9.17, 15) is 18.0 Å². The first-order valence-electron chi connectivity index (χ1n) is 7.74. The number of aliphatic imine (C=N–C) groups is 1. The number of hydrogen-bond acceptors (Lipinski definition) is 5. The molecule has 5 nitrogen and oxygen atoms in total. The zero-order chi connectivity index (χ0) is 19.2. The first-order chi connectivity index (χ1) is 12.4. The monoisotopic (exact) mass is 369 g/mol. The van der Waals surface area contributed by atoms with Crippen LogP contribution in [-0.4, -0.2) is 32.3 Å². The summed E-state index contributed by atoms with van der Waals surface area (Å²) >= 11 is 0. The molecule has 1 aromatic carbocycles. The zero-order valence-corrected chi connectivity index (χ0v) is 14.3. The average Bonchev–Trinajstić information content (AvgIpc) is 2.64. The van der Waals surface area contributed by atoms with Gasteiger partial charge in [-0.25, -0.2) is 9.79 Å². The van der Waals surface area contributed by atoms with Crippen molar-refractivity contribution in [2.45, 2.75) is 25.6 Å². The van der Waals surface area contributed by atoms with Crippen molar-refractivity contribution in [3.63, 3.8) is 0 Å². The van der Waals surface area contributed by atoms with Gasteiger partial charge < -0.3 is 14.2 Å². The number of halogens is 3. The molecule has 140 valence electrons. The molecule has 1 heterocycles. The van der Waals surface area contributed by atoms with Crippen LogP contribution in [0.5, 0.6) is 0 Å². The van der Waals surface area contributed by atoms with Crippen molar-refractivity contribution >= 4 is 17.4 Å². The number of ether oxygens (including phenoxy) is 3. The summed E-state index contributed by atoms with van der Waals surface area (Å²) in [5.74, 6) is -0.596. The Kier molecular flexibility index (Phi) is 6.43. The van der Waals surface area contributed by atoms with Crippen molar-refractivity contribution in [3.8, 4) is 0 Å². The lowest BCUT2D eigenvalue weighted by atomic mass is 10.0. The first kappa shape index (κ1) is 19.6. The highest BCUT2D eigenvalue weighted by atomic mass is 19.4. The van der Waals surface area contributed by atoms with Crippen LogP contribution in [0.15, 0.2) is 47.3 Å². The Morgan fingerprint density at radius 2 is 2.00 bits per heavy atom. The molecule has 0 unspecified atom stereocenters. The topological polar surface area (TPSA) is 57.1 Å². The van der Waals surface area contributed by atoms with Gasteiger partial charge in [-0.15, -0.1) is 0 Å². The molecule has 0 aliphatic carbocycles. The van der Waals surface area contributed by atoms with E-state index in [0.717, 1.165) is 6.08 Å². The maximum Gasteiger partial charge on any atom is 0.433 e. The third-order valence-electron chi connectivity index (χ3n) is 3.57. The van der Waals surface area contributed by atoms with Crippen molar-refractivity contribution in [3.05, 3.63) is 53.4 Å². The van der Waals surface area contributed by atoms with Crippen LogP contribution in [0.3, 0.4) is 0 Å². The smallest absolute Gasteiger partial charge is 0.433 e. The lowest BCUT2D eigenvalue weighted by molar-refractivity contribution is -0.133. The third kappa shape index (κ3) is 4.87. The molecule has 0 amide bonds. The summed E-state index contributed by atoms with van der Waals surface area (Å²) in [5.41, 5.74) is 0.313. The number of benzene rings is 1. The van der Waals surface area contributed by atoms with Gasteiger partial charge in [-0.3, -0.25) is 0 Å². The number of hydrogen-bond donors (Lipinski definition) is 0. The van der Waals surface area contributed by atoms with Crippen LogP contribution in [0, 0.1) is 0 Å². The summed E-state index contributed by atoms with van der Waals surface area (Å²) < 4.78 is 53.4. The highest BCUT2D eigenvalue weighted by Gasteiger charge is 2.35. The number of esters is 1. The summed E-state index contributed by atoms with van der Waals surface area (Å²) in [6.07, 6.45) is -1.75. The van der Waals surface area contributed by atoms with Gasteiger partial charge in [-0.2, -0.15) is 13.2 Å². The standard InChI is InChI=1S/C18H18F3NO4/c1-24-11-14(17(23)25-2)13-7-4-3-6-12(13)10-26-16-9-5-8-15(22-16)18(19,20)21/h3-4,6-8,11H,5,9-10H2,1-2H3/b14-11+. The van der Waals surface area contributed by atoms with Gasteiger partial charge >= 0.3 is 12.1 Å². The molecule has 0 saturated heterocycles. The first-order valence-corrected chi connectivity index (χ1v) is 7.74. The Labute approximate surface area is 148 Å². The fourth-order valence-electron chi connectivity index (χ4n) is 2.37. The largest absolute Gasteiger partial charge is 0.503 e. The summed E-state index contributed by atoms with van der Waals surface area (Å²) in [6, 6.07) is 6.82. The molecule has 0 radical (unpaired) electrons. The Morgan fingerprint density at radius 3 is 2.65 bits per heavy atom. The van der Waals surface area contributed by atoms with E-state index in [2.05, 4.69) is 4.99 Å². The average molecular weight is 369 g/mol.